The summed E-state index contributed by atoms with van der Waals surface area (Å²) in [4.78, 5) is 15.7. The number of hydrogen-bond acceptors (Lipinski definition) is 5. The van der Waals surface area contributed by atoms with E-state index in [2.05, 4.69) is 19.9 Å². The summed E-state index contributed by atoms with van der Waals surface area (Å²) in [7, 11) is 0. The van der Waals surface area contributed by atoms with Gasteiger partial charge in [-0.2, -0.15) is 0 Å². The number of nitrogens with zero attached hydrogens (tertiary/aromatic N) is 5. The summed E-state index contributed by atoms with van der Waals surface area (Å²) in [5.74, 6) is 0.942. The van der Waals surface area contributed by atoms with Crippen molar-refractivity contribution in [3.8, 4) is 0 Å². The lowest BCUT2D eigenvalue weighted by molar-refractivity contribution is -0.0107. The number of hydrogen-bond donors (Lipinski definition) is 1. The molecule has 0 aromatic carbocycles. The van der Waals surface area contributed by atoms with E-state index in [1.54, 1.807) is 6.33 Å². The molecule has 0 spiro atoms. The van der Waals surface area contributed by atoms with Gasteiger partial charge in [-0.1, -0.05) is 19.3 Å². The van der Waals surface area contributed by atoms with Crippen LogP contribution in [0, 0.1) is 0 Å². The molecule has 6 nitrogen and oxygen atoms in total. The minimum atomic E-state index is -0.607. The topological polar surface area (TPSA) is 67.1 Å². The van der Waals surface area contributed by atoms with Crippen LogP contribution in [0.5, 0.6) is 0 Å². The third-order valence-corrected chi connectivity index (χ3v) is 5.04. The van der Waals surface area contributed by atoms with Gasteiger partial charge in [0.25, 0.3) is 0 Å². The number of fused-ring (bicyclic) bond motifs is 1. The zero-order chi connectivity index (χ0) is 15.0. The molecule has 0 amide bonds. The van der Waals surface area contributed by atoms with Gasteiger partial charge in [-0.05, 0) is 25.7 Å². The van der Waals surface area contributed by atoms with Crippen LogP contribution in [0.3, 0.4) is 0 Å². The standard InChI is InChI=1S/C16H23N5O/c22-16(6-2-1-3-7-16)10-21-12-19-13-14(17-11-18-15(13)21)20-8-4-5-9-20/h11-12,22H,1-10H2. The number of imidazole rings is 1. The maximum atomic E-state index is 10.8. The second-order valence-corrected chi connectivity index (χ2v) is 6.72. The fourth-order valence-electron chi connectivity index (χ4n) is 3.83. The minimum absolute atomic E-state index is 0.583. The zero-order valence-electron chi connectivity index (χ0n) is 12.9. The summed E-state index contributed by atoms with van der Waals surface area (Å²) in [6, 6.07) is 0. The summed E-state index contributed by atoms with van der Waals surface area (Å²) in [6.07, 6.45) is 11.1. The van der Waals surface area contributed by atoms with Crippen molar-refractivity contribution in [3.63, 3.8) is 0 Å². The molecule has 2 aromatic rings. The molecule has 22 heavy (non-hydrogen) atoms. The molecular weight excluding hydrogens is 278 g/mol. The number of anilines is 1. The first-order valence-corrected chi connectivity index (χ1v) is 8.38. The Labute approximate surface area is 130 Å². The van der Waals surface area contributed by atoms with Gasteiger partial charge in [0.2, 0.25) is 0 Å². The number of rotatable bonds is 3. The molecule has 0 bridgehead atoms. The largest absolute Gasteiger partial charge is 0.388 e. The maximum absolute atomic E-state index is 10.8. The van der Waals surface area contributed by atoms with E-state index in [1.807, 2.05) is 10.9 Å². The molecule has 1 saturated heterocycles. The lowest BCUT2D eigenvalue weighted by Crippen LogP contribution is -2.36. The number of aromatic nitrogens is 4. The lowest BCUT2D eigenvalue weighted by atomic mass is 9.85. The lowest BCUT2D eigenvalue weighted by Gasteiger charge is -2.32. The van der Waals surface area contributed by atoms with Crippen molar-refractivity contribution in [2.45, 2.75) is 57.1 Å². The molecule has 3 heterocycles. The molecule has 1 aliphatic heterocycles. The van der Waals surface area contributed by atoms with Crippen molar-refractivity contribution in [1.29, 1.82) is 0 Å². The Morgan fingerprint density at radius 1 is 1.00 bits per heavy atom. The molecule has 2 aliphatic rings. The molecule has 4 rings (SSSR count). The second kappa shape index (κ2) is 5.50. The Kier molecular flexibility index (Phi) is 3.48. The summed E-state index contributed by atoms with van der Waals surface area (Å²) < 4.78 is 2.00. The Morgan fingerprint density at radius 2 is 1.77 bits per heavy atom. The van der Waals surface area contributed by atoms with Crippen molar-refractivity contribution >= 4 is 17.0 Å². The van der Waals surface area contributed by atoms with Crippen molar-refractivity contribution in [1.82, 2.24) is 19.5 Å². The van der Waals surface area contributed by atoms with Crippen LogP contribution in [0.2, 0.25) is 0 Å². The van der Waals surface area contributed by atoms with E-state index >= 15 is 0 Å². The Balaban J connectivity index is 1.66. The highest BCUT2D eigenvalue weighted by molar-refractivity contribution is 5.83. The van der Waals surface area contributed by atoms with E-state index in [4.69, 9.17) is 0 Å². The van der Waals surface area contributed by atoms with Crippen molar-refractivity contribution in [2.75, 3.05) is 18.0 Å². The van der Waals surface area contributed by atoms with E-state index in [1.165, 1.54) is 19.3 Å². The molecule has 0 unspecified atom stereocenters. The van der Waals surface area contributed by atoms with Gasteiger partial charge in [-0.15, -0.1) is 0 Å². The van der Waals surface area contributed by atoms with Crippen molar-refractivity contribution in [2.24, 2.45) is 0 Å². The quantitative estimate of drug-likeness (QED) is 0.940. The van der Waals surface area contributed by atoms with Crippen LogP contribution in [-0.2, 0) is 6.54 Å². The first-order chi connectivity index (χ1) is 10.8. The first-order valence-electron chi connectivity index (χ1n) is 8.38. The summed E-state index contributed by atoms with van der Waals surface area (Å²) in [6.45, 7) is 2.67. The maximum Gasteiger partial charge on any atom is 0.165 e. The molecule has 0 atom stereocenters. The first kappa shape index (κ1) is 13.9. The van der Waals surface area contributed by atoms with Crippen molar-refractivity contribution in [3.05, 3.63) is 12.7 Å². The van der Waals surface area contributed by atoms with Gasteiger partial charge in [-0.25, -0.2) is 15.0 Å². The van der Waals surface area contributed by atoms with E-state index < -0.39 is 5.60 Å². The minimum Gasteiger partial charge on any atom is -0.388 e. The fourth-order valence-corrected chi connectivity index (χ4v) is 3.83. The second-order valence-electron chi connectivity index (χ2n) is 6.72. The molecule has 1 saturated carbocycles. The van der Waals surface area contributed by atoms with E-state index in [-0.39, 0.29) is 0 Å². The van der Waals surface area contributed by atoms with Gasteiger partial charge in [0.1, 0.15) is 6.33 Å². The zero-order valence-corrected chi connectivity index (χ0v) is 12.9. The fraction of sp³-hybridized carbons (Fsp3) is 0.688. The molecule has 1 N–H and O–H groups in total. The summed E-state index contributed by atoms with van der Waals surface area (Å²) in [5.41, 5.74) is 1.10. The summed E-state index contributed by atoms with van der Waals surface area (Å²) >= 11 is 0. The third-order valence-electron chi connectivity index (χ3n) is 5.04. The van der Waals surface area contributed by atoms with Crippen LogP contribution in [0.15, 0.2) is 12.7 Å². The van der Waals surface area contributed by atoms with Gasteiger partial charge < -0.3 is 14.6 Å². The predicted molar refractivity (Wildman–Crippen MR) is 84.8 cm³/mol. The van der Waals surface area contributed by atoms with E-state index in [0.717, 1.165) is 55.8 Å². The Hall–Kier alpha value is -1.69. The summed E-state index contributed by atoms with van der Waals surface area (Å²) in [5, 5.41) is 10.8. The average Bonchev–Trinajstić information content (AvgIpc) is 3.18. The molecule has 2 fully saturated rings. The number of aliphatic hydroxyl groups is 1. The van der Waals surface area contributed by atoms with Crippen LogP contribution in [0.1, 0.15) is 44.9 Å². The molecular formula is C16H23N5O. The Morgan fingerprint density at radius 3 is 2.55 bits per heavy atom. The SMILES string of the molecule is OC1(Cn2cnc3c(N4CCCC4)ncnc32)CCCCC1. The van der Waals surface area contributed by atoms with E-state index in [9.17, 15) is 5.11 Å². The third kappa shape index (κ3) is 2.45. The monoisotopic (exact) mass is 301 g/mol. The van der Waals surface area contributed by atoms with Crippen LogP contribution in [0.25, 0.3) is 11.2 Å². The van der Waals surface area contributed by atoms with Crippen LogP contribution in [-0.4, -0.2) is 43.3 Å². The van der Waals surface area contributed by atoms with Gasteiger partial charge >= 0.3 is 0 Å². The van der Waals surface area contributed by atoms with E-state index in [0.29, 0.717) is 6.54 Å². The average molecular weight is 301 g/mol. The van der Waals surface area contributed by atoms with Gasteiger partial charge in [0.15, 0.2) is 17.0 Å². The smallest absolute Gasteiger partial charge is 0.165 e. The highest BCUT2D eigenvalue weighted by Gasteiger charge is 2.30. The van der Waals surface area contributed by atoms with Crippen molar-refractivity contribution < 1.29 is 5.11 Å². The van der Waals surface area contributed by atoms with Crippen LogP contribution >= 0.6 is 0 Å². The molecule has 2 aromatic heterocycles. The van der Waals surface area contributed by atoms with Crippen LogP contribution in [0.4, 0.5) is 5.82 Å². The highest BCUT2D eigenvalue weighted by Crippen LogP contribution is 2.31. The predicted octanol–water partition coefficient (Wildman–Crippen LogP) is 2.12. The normalized spacial score (nSPS) is 21.6. The highest BCUT2D eigenvalue weighted by atomic mass is 16.3. The molecule has 118 valence electrons. The van der Waals surface area contributed by atoms with Gasteiger partial charge in [0.05, 0.1) is 18.5 Å². The van der Waals surface area contributed by atoms with Gasteiger partial charge in [-0.3, -0.25) is 0 Å². The Bertz CT molecular complexity index is 656. The van der Waals surface area contributed by atoms with Gasteiger partial charge in [0, 0.05) is 13.1 Å². The van der Waals surface area contributed by atoms with Crippen LogP contribution < -0.4 is 4.90 Å². The molecule has 1 aliphatic carbocycles. The molecule has 0 radical (unpaired) electrons. The molecule has 6 heteroatoms.